The van der Waals surface area contributed by atoms with Gasteiger partial charge in [-0.2, -0.15) is 4.39 Å². The predicted octanol–water partition coefficient (Wildman–Crippen LogP) is 3.35. The molecule has 0 saturated carbocycles. The van der Waals surface area contributed by atoms with E-state index in [1.54, 1.807) is 6.92 Å². The fraction of sp³-hybridized carbons (Fsp3) is 0.267. The Labute approximate surface area is 135 Å². The molecule has 2 rings (SSSR count). The lowest BCUT2D eigenvalue weighted by Gasteiger charge is -2.10. The van der Waals surface area contributed by atoms with Gasteiger partial charge in [-0.15, -0.1) is 0 Å². The summed E-state index contributed by atoms with van der Waals surface area (Å²) in [6.07, 6.45) is 0. The second-order valence-electron chi connectivity index (χ2n) is 5.40. The van der Waals surface area contributed by atoms with Crippen LogP contribution in [0.25, 0.3) is 0 Å². The van der Waals surface area contributed by atoms with E-state index in [1.807, 2.05) is 13.8 Å². The summed E-state index contributed by atoms with van der Waals surface area (Å²) in [5.74, 6) is -2.83. The van der Waals surface area contributed by atoms with Gasteiger partial charge in [-0.25, -0.2) is 14.4 Å². The van der Waals surface area contributed by atoms with Crippen LogP contribution in [-0.2, 0) is 0 Å². The van der Waals surface area contributed by atoms with Crippen molar-refractivity contribution in [3.63, 3.8) is 0 Å². The van der Waals surface area contributed by atoms with E-state index in [1.165, 1.54) is 6.07 Å². The zero-order chi connectivity index (χ0) is 18.0. The van der Waals surface area contributed by atoms with Crippen molar-refractivity contribution in [2.45, 2.75) is 26.7 Å². The minimum atomic E-state index is -1.30. The number of nitro benzene ring substituents is 1. The molecule has 1 aromatic heterocycles. The Balaban J connectivity index is 2.34. The first kappa shape index (κ1) is 17.4. The van der Waals surface area contributed by atoms with Crippen molar-refractivity contribution in [1.29, 1.82) is 0 Å². The first-order valence-electron chi connectivity index (χ1n) is 6.99. The Hall–Kier alpha value is -2.97. The van der Waals surface area contributed by atoms with E-state index in [0.717, 1.165) is 0 Å². The van der Waals surface area contributed by atoms with Crippen molar-refractivity contribution in [2.24, 2.45) is 0 Å². The summed E-state index contributed by atoms with van der Waals surface area (Å²) >= 11 is 0. The van der Waals surface area contributed by atoms with Crippen LogP contribution in [0.3, 0.4) is 0 Å². The lowest BCUT2D eigenvalue weighted by Crippen LogP contribution is -2.16. The summed E-state index contributed by atoms with van der Waals surface area (Å²) in [4.78, 5) is 29.9. The lowest BCUT2D eigenvalue weighted by atomic mass is 10.1. The minimum Gasteiger partial charge on any atom is -0.306 e. The molecule has 0 aliphatic heterocycles. The topological polar surface area (TPSA) is 98.0 Å². The number of nitro groups is 1. The normalized spacial score (nSPS) is 10.8. The summed E-state index contributed by atoms with van der Waals surface area (Å²) in [7, 11) is 0. The average molecular weight is 336 g/mol. The van der Waals surface area contributed by atoms with Crippen molar-refractivity contribution < 1.29 is 18.5 Å². The van der Waals surface area contributed by atoms with Crippen LogP contribution in [0.5, 0.6) is 0 Å². The summed E-state index contributed by atoms with van der Waals surface area (Å²) < 4.78 is 27.5. The van der Waals surface area contributed by atoms with Crippen LogP contribution in [0, 0.1) is 28.7 Å². The number of hydrogen-bond donors (Lipinski definition) is 1. The maximum absolute atomic E-state index is 13.9. The summed E-state index contributed by atoms with van der Waals surface area (Å²) in [6, 6.07) is 2.33. The van der Waals surface area contributed by atoms with Crippen molar-refractivity contribution in [2.75, 3.05) is 5.32 Å². The Morgan fingerprint density at radius 3 is 2.46 bits per heavy atom. The van der Waals surface area contributed by atoms with Gasteiger partial charge in [0.1, 0.15) is 17.5 Å². The Morgan fingerprint density at radius 1 is 1.21 bits per heavy atom. The second-order valence-corrected chi connectivity index (χ2v) is 5.40. The number of aromatic nitrogens is 2. The van der Waals surface area contributed by atoms with Crippen LogP contribution in [-0.4, -0.2) is 20.8 Å². The van der Waals surface area contributed by atoms with Crippen LogP contribution in [0.15, 0.2) is 18.2 Å². The summed E-state index contributed by atoms with van der Waals surface area (Å²) in [5.41, 5.74) is -1.09. The lowest BCUT2D eigenvalue weighted by molar-refractivity contribution is -0.387. The average Bonchev–Trinajstić information content (AvgIpc) is 2.48. The monoisotopic (exact) mass is 336 g/mol. The molecule has 7 nitrogen and oxygen atoms in total. The van der Waals surface area contributed by atoms with Gasteiger partial charge in [0, 0.05) is 17.7 Å². The highest BCUT2D eigenvalue weighted by Gasteiger charge is 2.22. The first-order chi connectivity index (χ1) is 11.2. The molecule has 126 valence electrons. The number of rotatable bonds is 4. The van der Waals surface area contributed by atoms with Crippen LogP contribution in [0.1, 0.15) is 41.6 Å². The first-order valence-corrected chi connectivity index (χ1v) is 6.99. The molecule has 0 spiro atoms. The molecule has 1 aromatic carbocycles. The molecule has 0 bridgehead atoms. The fourth-order valence-electron chi connectivity index (χ4n) is 1.95. The Morgan fingerprint density at radius 2 is 1.88 bits per heavy atom. The van der Waals surface area contributed by atoms with E-state index in [0.29, 0.717) is 23.7 Å². The molecule has 1 N–H and O–H groups in total. The number of anilines is 1. The zero-order valence-electron chi connectivity index (χ0n) is 13.1. The molecule has 1 heterocycles. The van der Waals surface area contributed by atoms with Gasteiger partial charge in [-0.1, -0.05) is 13.8 Å². The van der Waals surface area contributed by atoms with Gasteiger partial charge in [0.25, 0.3) is 5.91 Å². The number of carbonyl (C=O) groups excluding carboxylic acids is 1. The molecule has 0 unspecified atom stereocenters. The largest absolute Gasteiger partial charge is 0.307 e. The molecular weight excluding hydrogens is 322 g/mol. The number of nitrogens with zero attached hydrogens (tertiary/aromatic N) is 3. The van der Waals surface area contributed by atoms with Crippen molar-refractivity contribution in [3.05, 3.63) is 57.0 Å². The van der Waals surface area contributed by atoms with Gasteiger partial charge in [0.15, 0.2) is 0 Å². The van der Waals surface area contributed by atoms with Crippen LogP contribution in [0.2, 0.25) is 0 Å². The van der Waals surface area contributed by atoms with Gasteiger partial charge in [0.05, 0.1) is 16.6 Å². The van der Waals surface area contributed by atoms with Gasteiger partial charge < -0.3 is 5.32 Å². The van der Waals surface area contributed by atoms with Gasteiger partial charge in [-0.05, 0) is 13.0 Å². The molecule has 1 amide bonds. The Kier molecular flexibility index (Phi) is 4.82. The van der Waals surface area contributed by atoms with E-state index < -0.39 is 33.7 Å². The zero-order valence-corrected chi connectivity index (χ0v) is 13.1. The molecule has 0 fully saturated rings. The number of aryl methyl sites for hydroxylation is 1. The molecule has 0 atom stereocenters. The molecule has 2 aromatic rings. The quantitative estimate of drug-likeness (QED) is 0.682. The van der Waals surface area contributed by atoms with Crippen molar-refractivity contribution >= 4 is 17.4 Å². The van der Waals surface area contributed by atoms with E-state index in [4.69, 9.17) is 0 Å². The third-order valence-electron chi connectivity index (χ3n) is 3.11. The smallest absolute Gasteiger partial charge is 0.306 e. The predicted molar refractivity (Wildman–Crippen MR) is 81.8 cm³/mol. The number of hydrogen-bond acceptors (Lipinski definition) is 5. The maximum Gasteiger partial charge on any atom is 0.307 e. The third-order valence-corrected chi connectivity index (χ3v) is 3.11. The van der Waals surface area contributed by atoms with Crippen molar-refractivity contribution in [1.82, 2.24) is 9.97 Å². The van der Waals surface area contributed by atoms with E-state index in [2.05, 4.69) is 15.3 Å². The standard InChI is InChI=1S/C15H14F2N4O3/c1-7(2)14-18-8(3)4-13(19-14)20-15(22)9-5-11(17)12(21(23)24)6-10(9)16/h4-7H,1-3H3,(H,18,19,20,22). The molecule has 0 aliphatic rings. The van der Waals surface area contributed by atoms with Gasteiger partial charge >= 0.3 is 5.69 Å². The van der Waals surface area contributed by atoms with Crippen LogP contribution < -0.4 is 5.32 Å². The van der Waals surface area contributed by atoms with E-state index in [-0.39, 0.29) is 11.7 Å². The summed E-state index contributed by atoms with van der Waals surface area (Å²) in [5, 5.41) is 12.9. The SMILES string of the molecule is Cc1cc(NC(=O)c2cc(F)c([N+](=O)[O-])cc2F)nc(C(C)C)n1. The fourth-order valence-corrected chi connectivity index (χ4v) is 1.95. The number of amides is 1. The van der Waals surface area contributed by atoms with Crippen LogP contribution in [0.4, 0.5) is 20.3 Å². The highest BCUT2D eigenvalue weighted by molar-refractivity contribution is 6.04. The molecule has 0 aliphatic carbocycles. The highest BCUT2D eigenvalue weighted by Crippen LogP contribution is 2.22. The van der Waals surface area contributed by atoms with Gasteiger partial charge in [-0.3, -0.25) is 14.9 Å². The van der Waals surface area contributed by atoms with Gasteiger partial charge in [0.2, 0.25) is 5.82 Å². The number of carbonyl (C=O) groups is 1. The minimum absolute atomic E-state index is 0.00843. The second kappa shape index (κ2) is 6.65. The maximum atomic E-state index is 13.9. The molecular formula is C15H14F2N4O3. The van der Waals surface area contributed by atoms with Crippen molar-refractivity contribution in [3.8, 4) is 0 Å². The summed E-state index contributed by atoms with van der Waals surface area (Å²) in [6.45, 7) is 5.44. The third kappa shape index (κ3) is 3.67. The van der Waals surface area contributed by atoms with E-state index >= 15 is 0 Å². The molecule has 24 heavy (non-hydrogen) atoms. The molecule has 9 heteroatoms. The number of benzene rings is 1. The number of halogens is 2. The molecule has 0 saturated heterocycles. The van der Waals surface area contributed by atoms with E-state index in [9.17, 15) is 23.7 Å². The molecule has 0 radical (unpaired) electrons. The highest BCUT2D eigenvalue weighted by atomic mass is 19.1. The number of nitrogens with one attached hydrogen (secondary N) is 1. The van der Waals surface area contributed by atoms with Crippen LogP contribution >= 0.6 is 0 Å². The Bertz CT molecular complexity index is 825.